The van der Waals surface area contributed by atoms with Gasteiger partial charge in [-0.3, -0.25) is 0 Å². The summed E-state index contributed by atoms with van der Waals surface area (Å²) in [5, 5.41) is 3.39. The predicted octanol–water partition coefficient (Wildman–Crippen LogP) is 4.02. The van der Waals surface area contributed by atoms with Gasteiger partial charge in [-0.2, -0.15) is 0 Å². The summed E-state index contributed by atoms with van der Waals surface area (Å²) in [6.45, 7) is 0. The first-order valence-electron chi connectivity index (χ1n) is 7.23. The molecule has 0 radical (unpaired) electrons. The molecule has 0 saturated heterocycles. The van der Waals surface area contributed by atoms with Crippen molar-refractivity contribution < 1.29 is 0 Å². The zero-order valence-corrected chi connectivity index (χ0v) is 13.3. The summed E-state index contributed by atoms with van der Waals surface area (Å²) in [5.74, 6) is 0. The molecule has 20 heavy (non-hydrogen) atoms. The van der Waals surface area contributed by atoms with Gasteiger partial charge in [-0.15, -0.1) is 0 Å². The fourth-order valence-electron chi connectivity index (χ4n) is 3.08. The summed E-state index contributed by atoms with van der Waals surface area (Å²) in [6, 6.07) is 9.75. The van der Waals surface area contributed by atoms with Crippen LogP contribution in [0.15, 0.2) is 41.3 Å². The van der Waals surface area contributed by atoms with Crippen molar-refractivity contribution in [3.05, 3.63) is 41.3 Å². The fourth-order valence-corrected chi connectivity index (χ4v) is 3.35. The van der Waals surface area contributed by atoms with Crippen LogP contribution in [0.5, 0.6) is 0 Å². The van der Waals surface area contributed by atoms with Crippen LogP contribution in [0.25, 0.3) is 11.3 Å². The van der Waals surface area contributed by atoms with Crippen LogP contribution in [0.2, 0.25) is 0 Å². The lowest BCUT2D eigenvalue weighted by Gasteiger charge is -2.30. The second-order valence-electron chi connectivity index (χ2n) is 5.49. The number of nitrogens with zero attached hydrogens (tertiary/aromatic N) is 2. The molecular weight excluding hydrogens is 314 g/mol. The minimum atomic E-state index is 0.584. The van der Waals surface area contributed by atoms with Crippen molar-refractivity contribution in [3.8, 4) is 11.3 Å². The molecule has 1 aliphatic rings. The van der Waals surface area contributed by atoms with E-state index in [2.05, 4.69) is 62.1 Å². The molecule has 0 spiro atoms. The van der Waals surface area contributed by atoms with Crippen LogP contribution in [-0.2, 0) is 0 Å². The average molecular weight is 334 g/mol. The van der Waals surface area contributed by atoms with E-state index in [0.717, 1.165) is 4.47 Å². The highest BCUT2D eigenvalue weighted by atomic mass is 79.9. The van der Waals surface area contributed by atoms with Crippen LogP contribution in [-0.4, -0.2) is 22.6 Å². The Morgan fingerprint density at radius 3 is 2.50 bits per heavy atom. The maximum absolute atomic E-state index is 4.37. The number of imidazole rings is 1. The van der Waals surface area contributed by atoms with Crippen molar-refractivity contribution in [1.82, 2.24) is 14.9 Å². The molecule has 0 aliphatic heterocycles. The number of rotatable bonds is 3. The summed E-state index contributed by atoms with van der Waals surface area (Å²) >= 11 is 3.49. The molecule has 0 bridgehead atoms. The second kappa shape index (κ2) is 6.10. The molecule has 4 heteroatoms. The van der Waals surface area contributed by atoms with Gasteiger partial charge >= 0.3 is 0 Å². The number of aromatic nitrogens is 2. The van der Waals surface area contributed by atoms with E-state index >= 15 is 0 Å². The zero-order valence-electron chi connectivity index (χ0n) is 11.7. The smallest absolute Gasteiger partial charge is 0.0953 e. The van der Waals surface area contributed by atoms with Crippen LogP contribution in [0, 0.1) is 0 Å². The Balaban J connectivity index is 1.82. The first-order chi connectivity index (χ1) is 9.78. The molecule has 1 aliphatic carbocycles. The summed E-state index contributed by atoms with van der Waals surface area (Å²) in [6.07, 6.45) is 8.92. The number of hydrogen-bond donors (Lipinski definition) is 1. The minimum absolute atomic E-state index is 0.584. The molecule has 1 fully saturated rings. The van der Waals surface area contributed by atoms with Gasteiger partial charge in [0.1, 0.15) is 0 Å². The molecule has 1 aromatic carbocycles. The van der Waals surface area contributed by atoms with Gasteiger partial charge in [0.15, 0.2) is 0 Å². The Labute approximate surface area is 128 Å². The zero-order chi connectivity index (χ0) is 13.9. The molecule has 1 N–H and O–H groups in total. The molecule has 106 valence electrons. The number of hydrogen-bond acceptors (Lipinski definition) is 2. The van der Waals surface area contributed by atoms with E-state index in [1.165, 1.54) is 36.9 Å². The Hall–Kier alpha value is -1.13. The van der Waals surface area contributed by atoms with Crippen molar-refractivity contribution in [2.24, 2.45) is 0 Å². The molecule has 1 heterocycles. The van der Waals surface area contributed by atoms with Gasteiger partial charge in [0.25, 0.3) is 0 Å². The maximum atomic E-state index is 4.37. The first-order valence-corrected chi connectivity index (χ1v) is 8.02. The third kappa shape index (κ3) is 2.81. The van der Waals surface area contributed by atoms with Gasteiger partial charge in [-0.25, -0.2) is 4.98 Å². The number of nitrogens with one attached hydrogen (secondary N) is 1. The van der Waals surface area contributed by atoms with Crippen molar-refractivity contribution in [3.63, 3.8) is 0 Å². The van der Waals surface area contributed by atoms with E-state index in [1.807, 2.05) is 12.5 Å². The van der Waals surface area contributed by atoms with Crippen LogP contribution < -0.4 is 5.32 Å². The standard InChI is InChI=1S/C16H20BrN3/c1-18-14-6-8-15(9-7-14)20-11-19-10-16(20)12-2-4-13(17)5-3-12/h2-5,10-11,14-15,18H,6-9H2,1H3. The molecule has 3 nitrogen and oxygen atoms in total. The Kier molecular flexibility index (Phi) is 4.22. The van der Waals surface area contributed by atoms with E-state index in [1.54, 1.807) is 0 Å². The molecular formula is C16H20BrN3. The monoisotopic (exact) mass is 333 g/mol. The second-order valence-corrected chi connectivity index (χ2v) is 6.40. The van der Waals surface area contributed by atoms with Gasteiger partial charge in [0.05, 0.1) is 18.2 Å². The molecule has 1 saturated carbocycles. The quantitative estimate of drug-likeness (QED) is 0.919. The summed E-state index contributed by atoms with van der Waals surface area (Å²) in [5.41, 5.74) is 2.46. The van der Waals surface area contributed by atoms with Gasteiger partial charge in [-0.1, -0.05) is 28.1 Å². The van der Waals surface area contributed by atoms with E-state index < -0.39 is 0 Å². The topological polar surface area (TPSA) is 29.9 Å². The van der Waals surface area contributed by atoms with E-state index in [-0.39, 0.29) is 0 Å². The van der Waals surface area contributed by atoms with Gasteiger partial charge in [-0.05, 0) is 50.4 Å². The van der Waals surface area contributed by atoms with Gasteiger partial charge in [0.2, 0.25) is 0 Å². The lowest BCUT2D eigenvalue weighted by atomic mass is 9.91. The van der Waals surface area contributed by atoms with E-state index in [9.17, 15) is 0 Å². The summed E-state index contributed by atoms with van der Waals surface area (Å²) in [4.78, 5) is 4.37. The van der Waals surface area contributed by atoms with E-state index in [0.29, 0.717) is 12.1 Å². The van der Waals surface area contributed by atoms with Crippen LogP contribution in [0.4, 0.5) is 0 Å². The Morgan fingerprint density at radius 2 is 1.85 bits per heavy atom. The van der Waals surface area contributed by atoms with Crippen LogP contribution in [0.3, 0.4) is 0 Å². The largest absolute Gasteiger partial charge is 0.328 e. The summed E-state index contributed by atoms with van der Waals surface area (Å²) < 4.78 is 3.47. The fraction of sp³-hybridized carbons (Fsp3) is 0.438. The molecule has 0 atom stereocenters. The van der Waals surface area contributed by atoms with E-state index in [4.69, 9.17) is 0 Å². The van der Waals surface area contributed by atoms with Crippen molar-refractivity contribution in [1.29, 1.82) is 0 Å². The summed E-state index contributed by atoms with van der Waals surface area (Å²) in [7, 11) is 2.06. The van der Waals surface area contributed by atoms with Crippen molar-refractivity contribution in [2.75, 3.05) is 7.05 Å². The van der Waals surface area contributed by atoms with Gasteiger partial charge in [0, 0.05) is 16.6 Å². The SMILES string of the molecule is CNC1CCC(n2cncc2-c2ccc(Br)cc2)CC1. The van der Waals surface area contributed by atoms with Crippen molar-refractivity contribution in [2.45, 2.75) is 37.8 Å². The highest BCUT2D eigenvalue weighted by Crippen LogP contribution is 2.32. The highest BCUT2D eigenvalue weighted by Gasteiger charge is 2.22. The number of halogens is 1. The predicted molar refractivity (Wildman–Crippen MR) is 85.7 cm³/mol. The molecule has 3 rings (SSSR count). The lowest BCUT2D eigenvalue weighted by Crippen LogP contribution is -2.31. The molecule has 1 aromatic heterocycles. The van der Waals surface area contributed by atoms with Crippen molar-refractivity contribution >= 4 is 15.9 Å². The van der Waals surface area contributed by atoms with Crippen LogP contribution >= 0.6 is 15.9 Å². The third-order valence-electron chi connectivity index (χ3n) is 4.30. The highest BCUT2D eigenvalue weighted by molar-refractivity contribution is 9.10. The molecule has 0 amide bonds. The third-order valence-corrected chi connectivity index (χ3v) is 4.83. The first kappa shape index (κ1) is 13.8. The Bertz CT molecular complexity index is 553. The van der Waals surface area contributed by atoms with Gasteiger partial charge < -0.3 is 9.88 Å². The van der Waals surface area contributed by atoms with Crippen LogP contribution in [0.1, 0.15) is 31.7 Å². The average Bonchev–Trinajstić information content (AvgIpc) is 2.97. The Morgan fingerprint density at radius 1 is 1.15 bits per heavy atom. The maximum Gasteiger partial charge on any atom is 0.0953 e. The molecule has 0 unspecified atom stereocenters. The minimum Gasteiger partial charge on any atom is -0.328 e. The molecule has 2 aromatic rings. The lowest BCUT2D eigenvalue weighted by molar-refractivity contribution is 0.302. The normalized spacial score (nSPS) is 22.9. The number of benzene rings is 1.